The molecule has 8 heteroatoms. The van der Waals surface area contributed by atoms with Gasteiger partial charge in [0, 0.05) is 39.7 Å². The summed E-state index contributed by atoms with van der Waals surface area (Å²) < 4.78 is 5.30. The molecule has 2 aromatic carbocycles. The predicted octanol–water partition coefficient (Wildman–Crippen LogP) is 5.72. The molecule has 0 bridgehead atoms. The zero-order valence-electron chi connectivity index (χ0n) is 17.4. The molecule has 0 radical (unpaired) electrons. The number of carbonyl (C=O) groups excluding carboxylic acids is 2. The van der Waals surface area contributed by atoms with E-state index >= 15 is 0 Å². The first-order valence-corrected chi connectivity index (χ1v) is 11.8. The van der Waals surface area contributed by atoms with Gasteiger partial charge in [0.1, 0.15) is 11.5 Å². The van der Waals surface area contributed by atoms with Gasteiger partial charge in [-0.1, -0.05) is 47.0 Å². The number of nitrogens with one attached hydrogen (secondary N) is 2. The standard InChI is InChI=1S/C24H22Cl2N2O3S/c1-16-5-2-6-17(13-16)23(29)28-22(14-18-7-4-11-31-18)24(30)27-10-12-32-15-19-20(25)8-3-9-21(19)26/h2-9,11,13-14H,10,12,15H2,1H3,(H,27,30)(H,28,29)/b22-14-. The molecule has 0 spiro atoms. The highest BCUT2D eigenvalue weighted by Crippen LogP contribution is 2.28. The van der Waals surface area contributed by atoms with Crippen molar-refractivity contribution in [3.8, 4) is 0 Å². The first-order chi connectivity index (χ1) is 15.4. The maximum absolute atomic E-state index is 12.8. The van der Waals surface area contributed by atoms with Crippen molar-refractivity contribution in [3.05, 3.63) is 99.1 Å². The Labute approximate surface area is 201 Å². The Kier molecular flexibility index (Phi) is 8.85. The van der Waals surface area contributed by atoms with E-state index in [4.69, 9.17) is 27.6 Å². The monoisotopic (exact) mass is 488 g/mol. The van der Waals surface area contributed by atoms with Crippen LogP contribution in [-0.4, -0.2) is 24.1 Å². The second-order valence-corrected chi connectivity index (χ2v) is 8.83. The molecule has 0 unspecified atom stereocenters. The second kappa shape index (κ2) is 11.8. The molecule has 32 heavy (non-hydrogen) atoms. The van der Waals surface area contributed by atoms with E-state index in [2.05, 4.69) is 10.6 Å². The van der Waals surface area contributed by atoms with E-state index in [1.54, 1.807) is 60.3 Å². The van der Waals surface area contributed by atoms with Gasteiger partial charge in [-0.25, -0.2) is 0 Å². The minimum atomic E-state index is -0.404. The summed E-state index contributed by atoms with van der Waals surface area (Å²) >= 11 is 14.0. The van der Waals surface area contributed by atoms with Gasteiger partial charge < -0.3 is 15.1 Å². The van der Waals surface area contributed by atoms with Crippen LogP contribution in [0.4, 0.5) is 0 Å². The summed E-state index contributed by atoms with van der Waals surface area (Å²) in [6.07, 6.45) is 3.00. The molecule has 0 aliphatic carbocycles. The molecule has 2 amide bonds. The summed E-state index contributed by atoms with van der Waals surface area (Å²) in [5.41, 5.74) is 2.39. The Morgan fingerprint density at radius 3 is 2.50 bits per heavy atom. The smallest absolute Gasteiger partial charge is 0.267 e. The SMILES string of the molecule is Cc1cccc(C(=O)N/C(=C\c2ccco2)C(=O)NCCSCc2c(Cl)cccc2Cl)c1. The molecule has 1 heterocycles. The number of rotatable bonds is 9. The number of hydrogen-bond donors (Lipinski definition) is 2. The number of halogens is 2. The lowest BCUT2D eigenvalue weighted by atomic mass is 10.1. The number of hydrogen-bond acceptors (Lipinski definition) is 4. The molecule has 0 aliphatic heterocycles. The largest absolute Gasteiger partial charge is 0.465 e. The number of amides is 2. The summed E-state index contributed by atoms with van der Waals surface area (Å²) in [6.45, 7) is 2.30. The predicted molar refractivity (Wildman–Crippen MR) is 131 cm³/mol. The maximum Gasteiger partial charge on any atom is 0.267 e. The van der Waals surface area contributed by atoms with Crippen molar-refractivity contribution >= 4 is 52.9 Å². The Morgan fingerprint density at radius 1 is 1.06 bits per heavy atom. The molecule has 0 fully saturated rings. The van der Waals surface area contributed by atoms with Gasteiger partial charge in [0.05, 0.1) is 6.26 Å². The van der Waals surface area contributed by atoms with Gasteiger partial charge in [0.25, 0.3) is 11.8 Å². The maximum atomic E-state index is 12.8. The highest BCUT2D eigenvalue weighted by Gasteiger charge is 2.15. The van der Waals surface area contributed by atoms with E-state index in [0.29, 0.717) is 39.4 Å². The second-order valence-electron chi connectivity index (χ2n) is 6.91. The third-order valence-electron chi connectivity index (χ3n) is 4.44. The van der Waals surface area contributed by atoms with Crippen molar-refractivity contribution in [1.29, 1.82) is 0 Å². The highest BCUT2D eigenvalue weighted by atomic mass is 35.5. The van der Waals surface area contributed by atoms with Crippen molar-refractivity contribution < 1.29 is 14.0 Å². The lowest BCUT2D eigenvalue weighted by Crippen LogP contribution is -2.35. The van der Waals surface area contributed by atoms with E-state index in [0.717, 1.165) is 11.1 Å². The van der Waals surface area contributed by atoms with Crippen LogP contribution in [-0.2, 0) is 10.5 Å². The number of carbonyl (C=O) groups is 2. The van der Waals surface area contributed by atoms with Crippen molar-refractivity contribution in [1.82, 2.24) is 10.6 Å². The van der Waals surface area contributed by atoms with Gasteiger partial charge in [-0.3, -0.25) is 9.59 Å². The third kappa shape index (κ3) is 6.92. The fourth-order valence-electron chi connectivity index (χ4n) is 2.83. The van der Waals surface area contributed by atoms with Crippen molar-refractivity contribution in [2.45, 2.75) is 12.7 Å². The number of benzene rings is 2. The molecule has 1 aromatic heterocycles. The molecular formula is C24H22Cl2N2O3S. The Hall–Kier alpha value is -2.67. The van der Waals surface area contributed by atoms with Gasteiger partial charge in [-0.2, -0.15) is 11.8 Å². The number of aryl methyl sites for hydroxylation is 1. The molecule has 166 valence electrons. The van der Waals surface area contributed by atoms with Crippen LogP contribution >= 0.6 is 35.0 Å². The minimum absolute atomic E-state index is 0.102. The van der Waals surface area contributed by atoms with E-state index in [-0.39, 0.29) is 11.6 Å². The quantitative estimate of drug-likeness (QED) is 0.298. The Bertz CT molecular complexity index is 1090. The molecular weight excluding hydrogens is 467 g/mol. The van der Waals surface area contributed by atoms with Gasteiger partial charge in [0.2, 0.25) is 0 Å². The van der Waals surface area contributed by atoms with E-state index in [9.17, 15) is 9.59 Å². The Balaban J connectivity index is 1.58. The van der Waals surface area contributed by atoms with Gasteiger partial charge >= 0.3 is 0 Å². The van der Waals surface area contributed by atoms with Crippen molar-refractivity contribution in [3.63, 3.8) is 0 Å². The molecule has 0 aliphatic rings. The minimum Gasteiger partial charge on any atom is -0.465 e. The van der Waals surface area contributed by atoms with Crippen LogP contribution in [0, 0.1) is 6.92 Å². The van der Waals surface area contributed by atoms with Crippen LogP contribution < -0.4 is 10.6 Å². The van der Waals surface area contributed by atoms with Gasteiger partial charge in [-0.15, -0.1) is 0 Å². The average molecular weight is 489 g/mol. The zero-order chi connectivity index (χ0) is 22.9. The van der Waals surface area contributed by atoms with Gasteiger partial charge in [-0.05, 0) is 48.9 Å². The summed E-state index contributed by atoms with van der Waals surface area (Å²) in [6, 6.07) is 16.0. The van der Waals surface area contributed by atoms with Gasteiger partial charge in [0.15, 0.2) is 0 Å². The first kappa shape index (κ1) is 24.0. The van der Waals surface area contributed by atoms with Crippen LogP contribution in [0.2, 0.25) is 10.0 Å². The van der Waals surface area contributed by atoms with Crippen molar-refractivity contribution in [2.24, 2.45) is 0 Å². The number of thioether (sulfide) groups is 1. The van der Waals surface area contributed by atoms with Crippen LogP contribution in [0.1, 0.15) is 27.2 Å². The fourth-order valence-corrected chi connectivity index (χ4v) is 4.43. The summed E-state index contributed by atoms with van der Waals surface area (Å²) in [5, 5.41) is 6.76. The Morgan fingerprint density at radius 2 is 1.81 bits per heavy atom. The summed E-state index contributed by atoms with van der Waals surface area (Å²) in [7, 11) is 0. The summed E-state index contributed by atoms with van der Waals surface area (Å²) in [4.78, 5) is 25.4. The summed E-state index contributed by atoms with van der Waals surface area (Å²) in [5.74, 6) is 0.964. The molecule has 3 rings (SSSR count). The van der Waals surface area contributed by atoms with Crippen LogP contribution in [0.15, 0.2) is 71.0 Å². The molecule has 2 N–H and O–H groups in total. The highest BCUT2D eigenvalue weighted by molar-refractivity contribution is 7.98. The lowest BCUT2D eigenvalue weighted by Gasteiger charge is -2.11. The lowest BCUT2D eigenvalue weighted by molar-refractivity contribution is -0.117. The van der Waals surface area contributed by atoms with Crippen LogP contribution in [0.25, 0.3) is 6.08 Å². The van der Waals surface area contributed by atoms with E-state index < -0.39 is 5.91 Å². The fraction of sp³-hybridized carbons (Fsp3) is 0.167. The first-order valence-electron chi connectivity index (χ1n) is 9.86. The molecule has 0 saturated heterocycles. The molecule has 5 nitrogen and oxygen atoms in total. The molecule has 0 saturated carbocycles. The molecule has 0 atom stereocenters. The average Bonchev–Trinajstić information content (AvgIpc) is 3.28. The zero-order valence-corrected chi connectivity index (χ0v) is 19.7. The third-order valence-corrected chi connectivity index (χ3v) is 6.14. The molecule has 3 aromatic rings. The topological polar surface area (TPSA) is 71.3 Å². The van der Waals surface area contributed by atoms with Crippen molar-refractivity contribution in [2.75, 3.05) is 12.3 Å². The van der Waals surface area contributed by atoms with E-state index in [1.165, 1.54) is 12.3 Å². The van der Waals surface area contributed by atoms with Crippen LogP contribution in [0.5, 0.6) is 0 Å². The normalized spacial score (nSPS) is 11.3. The van der Waals surface area contributed by atoms with Crippen LogP contribution in [0.3, 0.4) is 0 Å². The van der Waals surface area contributed by atoms with E-state index in [1.807, 2.05) is 13.0 Å². The number of furan rings is 1.